The number of Topliss-reactive ketones (excluding diaryl/α,β-unsaturated/α-hetero) is 1. The Hall–Kier alpha value is -0.990. The SMILES string of the molecule is CCCC(C)C1(CC(=O)CI)C(=O)NC(=O)NC1=O. The number of halogens is 1. The van der Waals surface area contributed by atoms with Gasteiger partial charge in [-0.3, -0.25) is 25.0 Å². The number of alkyl halides is 1. The van der Waals surface area contributed by atoms with Crippen molar-refractivity contribution < 1.29 is 19.2 Å². The van der Waals surface area contributed by atoms with Gasteiger partial charge in [0.15, 0.2) is 0 Å². The zero-order valence-corrected chi connectivity index (χ0v) is 13.1. The number of ketones is 1. The van der Waals surface area contributed by atoms with Crippen LogP contribution in [-0.2, 0) is 14.4 Å². The molecule has 1 fully saturated rings. The molecule has 19 heavy (non-hydrogen) atoms. The van der Waals surface area contributed by atoms with Crippen LogP contribution in [0.3, 0.4) is 0 Å². The molecule has 4 amide bonds. The van der Waals surface area contributed by atoms with E-state index < -0.39 is 23.3 Å². The Morgan fingerprint density at radius 1 is 1.26 bits per heavy atom. The van der Waals surface area contributed by atoms with E-state index >= 15 is 0 Å². The Kier molecular flexibility index (Phi) is 5.45. The van der Waals surface area contributed by atoms with Gasteiger partial charge in [-0.1, -0.05) is 42.9 Å². The second-order valence-corrected chi connectivity index (χ2v) is 5.51. The van der Waals surface area contributed by atoms with Gasteiger partial charge in [-0.2, -0.15) is 0 Å². The average molecular weight is 380 g/mol. The second kappa shape index (κ2) is 6.44. The van der Waals surface area contributed by atoms with Crippen molar-refractivity contribution in [3.63, 3.8) is 0 Å². The van der Waals surface area contributed by atoms with Crippen LogP contribution in [0.25, 0.3) is 0 Å². The smallest absolute Gasteiger partial charge is 0.299 e. The van der Waals surface area contributed by atoms with Gasteiger partial charge >= 0.3 is 6.03 Å². The number of carbonyl (C=O) groups is 4. The van der Waals surface area contributed by atoms with E-state index in [0.717, 1.165) is 6.42 Å². The molecule has 2 N–H and O–H groups in total. The molecule has 0 radical (unpaired) electrons. The summed E-state index contributed by atoms with van der Waals surface area (Å²) in [5, 5.41) is 4.21. The van der Waals surface area contributed by atoms with Gasteiger partial charge in [0.1, 0.15) is 11.2 Å². The van der Waals surface area contributed by atoms with Gasteiger partial charge in [0.25, 0.3) is 0 Å². The van der Waals surface area contributed by atoms with Crippen LogP contribution in [0.4, 0.5) is 4.79 Å². The predicted molar refractivity (Wildman–Crippen MR) is 76.7 cm³/mol. The summed E-state index contributed by atoms with van der Waals surface area (Å²) in [7, 11) is 0. The number of carbonyl (C=O) groups excluding carboxylic acids is 4. The van der Waals surface area contributed by atoms with Gasteiger partial charge in [-0.25, -0.2) is 4.79 Å². The summed E-state index contributed by atoms with van der Waals surface area (Å²) in [6, 6.07) is -0.823. The van der Waals surface area contributed by atoms with Crippen molar-refractivity contribution in [3.8, 4) is 0 Å². The monoisotopic (exact) mass is 380 g/mol. The molecule has 1 aliphatic heterocycles. The lowest BCUT2D eigenvalue weighted by molar-refractivity contribution is -0.151. The quantitative estimate of drug-likeness (QED) is 0.411. The third-order valence-electron chi connectivity index (χ3n) is 3.45. The molecule has 0 aromatic rings. The molecule has 1 rings (SSSR count). The molecule has 6 nitrogen and oxygen atoms in total. The molecule has 0 spiro atoms. The maximum Gasteiger partial charge on any atom is 0.328 e. The number of nitrogens with one attached hydrogen (secondary N) is 2. The van der Waals surface area contributed by atoms with E-state index in [1.165, 1.54) is 0 Å². The zero-order chi connectivity index (χ0) is 14.6. The van der Waals surface area contributed by atoms with Crippen molar-refractivity contribution in [2.24, 2.45) is 11.3 Å². The Labute approximate surface area is 125 Å². The van der Waals surface area contributed by atoms with Gasteiger partial charge in [-0.05, 0) is 12.3 Å². The molecule has 0 saturated carbocycles. The van der Waals surface area contributed by atoms with Gasteiger partial charge in [0.05, 0.1) is 4.43 Å². The summed E-state index contributed by atoms with van der Waals surface area (Å²) in [6.07, 6.45) is 1.25. The lowest BCUT2D eigenvalue weighted by Gasteiger charge is -2.38. The zero-order valence-electron chi connectivity index (χ0n) is 10.9. The van der Waals surface area contributed by atoms with Crippen molar-refractivity contribution in [3.05, 3.63) is 0 Å². The minimum absolute atomic E-state index is 0.165. The van der Waals surface area contributed by atoms with Crippen LogP contribution in [0.15, 0.2) is 0 Å². The highest BCUT2D eigenvalue weighted by molar-refractivity contribution is 14.1. The van der Waals surface area contributed by atoms with E-state index in [4.69, 9.17) is 0 Å². The first-order valence-corrected chi connectivity index (χ1v) is 7.65. The standard InChI is InChI=1S/C12H17IN2O4/c1-3-4-7(2)12(5-8(16)6-13)9(17)14-11(19)15-10(12)18/h7H,3-6H2,1-2H3,(H2,14,15,17,18,19). The van der Waals surface area contributed by atoms with Crippen LogP contribution in [0, 0.1) is 11.3 Å². The molecular formula is C12H17IN2O4. The van der Waals surface area contributed by atoms with Crippen molar-refractivity contribution >= 4 is 46.2 Å². The van der Waals surface area contributed by atoms with Crippen molar-refractivity contribution in [1.29, 1.82) is 0 Å². The van der Waals surface area contributed by atoms with E-state index in [1.54, 1.807) is 6.92 Å². The minimum atomic E-state index is -1.47. The fraction of sp³-hybridized carbons (Fsp3) is 0.667. The third kappa shape index (κ3) is 3.13. The fourth-order valence-corrected chi connectivity index (χ4v) is 2.65. The maximum atomic E-state index is 12.2. The Balaban J connectivity index is 3.16. The number of amides is 4. The van der Waals surface area contributed by atoms with Gasteiger partial charge in [0, 0.05) is 6.42 Å². The number of hydrogen-bond acceptors (Lipinski definition) is 4. The van der Waals surface area contributed by atoms with Crippen LogP contribution >= 0.6 is 22.6 Å². The first-order chi connectivity index (χ1) is 8.88. The fourth-order valence-electron chi connectivity index (χ4n) is 2.38. The van der Waals surface area contributed by atoms with E-state index in [1.807, 2.05) is 29.5 Å². The highest BCUT2D eigenvalue weighted by Gasteiger charge is 2.54. The first kappa shape index (κ1) is 16.1. The largest absolute Gasteiger partial charge is 0.328 e. The molecule has 7 heteroatoms. The van der Waals surface area contributed by atoms with Crippen LogP contribution in [0.2, 0.25) is 0 Å². The van der Waals surface area contributed by atoms with E-state index in [0.29, 0.717) is 6.42 Å². The summed E-state index contributed by atoms with van der Waals surface area (Å²) in [6.45, 7) is 3.70. The average Bonchev–Trinajstić information content (AvgIpc) is 2.33. The maximum absolute atomic E-state index is 12.2. The summed E-state index contributed by atoms with van der Waals surface area (Å²) < 4.78 is 0.229. The Bertz CT molecular complexity index is 402. The molecule has 1 atom stereocenters. The molecule has 1 heterocycles. The summed E-state index contributed by atoms with van der Waals surface area (Å²) in [5.74, 6) is -1.82. The number of rotatable bonds is 6. The molecule has 106 valence electrons. The van der Waals surface area contributed by atoms with Gasteiger partial charge in [0.2, 0.25) is 11.8 Å². The van der Waals surface area contributed by atoms with Crippen LogP contribution < -0.4 is 10.6 Å². The highest BCUT2D eigenvalue weighted by atomic mass is 127. The van der Waals surface area contributed by atoms with E-state index in [-0.39, 0.29) is 22.5 Å². The van der Waals surface area contributed by atoms with Crippen molar-refractivity contribution in [2.45, 2.75) is 33.1 Å². The molecule has 0 aromatic heterocycles. The van der Waals surface area contributed by atoms with Gasteiger partial charge in [-0.15, -0.1) is 0 Å². The molecule has 0 aromatic carbocycles. The van der Waals surface area contributed by atoms with E-state index in [2.05, 4.69) is 10.6 Å². The second-order valence-electron chi connectivity index (χ2n) is 4.75. The van der Waals surface area contributed by atoms with E-state index in [9.17, 15) is 19.2 Å². The molecule has 1 unspecified atom stereocenters. The minimum Gasteiger partial charge on any atom is -0.299 e. The summed E-state index contributed by atoms with van der Waals surface area (Å²) in [4.78, 5) is 47.2. The van der Waals surface area contributed by atoms with Crippen molar-refractivity contribution in [2.75, 3.05) is 4.43 Å². The number of hydrogen-bond donors (Lipinski definition) is 2. The lowest BCUT2D eigenvalue weighted by Crippen LogP contribution is -2.65. The van der Waals surface area contributed by atoms with Crippen molar-refractivity contribution in [1.82, 2.24) is 10.6 Å². The predicted octanol–water partition coefficient (Wildman–Crippen LogP) is 1.17. The molecule has 0 aliphatic carbocycles. The van der Waals surface area contributed by atoms with Crippen LogP contribution in [0.1, 0.15) is 33.1 Å². The third-order valence-corrected chi connectivity index (χ3v) is 4.30. The molecule has 1 aliphatic rings. The highest BCUT2D eigenvalue weighted by Crippen LogP contribution is 2.37. The molecule has 0 bridgehead atoms. The molecule has 1 saturated heterocycles. The lowest BCUT2D eigenvalue weighted by atomic mass is 9.68. The Morgan fingerprint density at radius 2 is 1.79 bits per heavy atom. The van der Waals surface area contributed by atoms with Crippen LogP contribution in [-0.4, -0.2) is 28.1 Å². The number of urea groups is 1. The Morgan fingerprint density at radius 3 is 2.21 bits per heavy atom. The topological polar surface area (TPSA) is 92.3 Å². The normalized spacial score (nSPS) is 19.6. The summed E-state index contributed by atoms with van der Waals surface area (Å²) in [5.41, 5.74) is -1.47. The molecular weight excluding hydrogens is 363 g/mol. The van der Waals surface area contributed by atoms with Gasteiger partial charge < -0.3 is 0 Å². The number of imide groups is 2. The summed E-state index contributed by atoms with van der Waals surface area (Å²) >= 11 is 1.90. The number of barbiturate groups is 1. The first-order valence-electron chi connectivity index (χ1n) is 6.13. The van der Waals surface area contributed by atoms with Crippen LogP contribution in [0.5, 0.6) is 0 Å².